The second kappa shape index (κ2) is 11.0. The van der Waals surface area contributed by atoms with Gasteiger partial charge in [-0.2, -0.15) is 0 Å². The Morgan fingerprint density at radius 3 is 2.52 bits per heavy atom. The molecule has 1 aliphatic rings. The van der Waals surface area contributed by atoms with Crippen molar-refractivity contribution in [3.8, 4) is 0 Å². The number of anilines is 2. The minimum absolute atomic E-state index is 0.407. The Hall–Kier alpha value is -2.73. The molecular weight excluding hydrogens is 390 g/mol. The Bertz CT molecular complexity index is 903. The number of allylic oxidation sites excluding steroid dienone is 1. The summed E-state index contributed by atoms with van der Waals surface area (Å²) in [5.74, 6) is 0.868. The van der Waals surface area contributed by atoms with Crippen LogP contribution in [-0.2, 0) is 16.0 Å². The molecule has 1 atom stereocenters. The summed E-state index contributed by atoms with van der Waals surface area (Å²) in [6.45, 7) is 7.87. The van der Waals surface area contributed by atoms with Crippen molar-refractivity contribution >= 4 is 22.9 Å². The first-order chi connectivity index (χ1) is 15.0. The van der Waals surface area contributed by atoms with Crippen LogP contribution in [0.15, 0.2) is 36.7 Å². The number of carboxylic acid groups (broad SMARTS) is 1. The number of nitrogens with one attached hydrogen (secondary N) is 1. The third-order valence-corrected chi connectivity index (χ3v) is 6.08. The third-order valence-electron chi connectivity index (χ3n) is 6.08. The van der Waals surface area contributed by atoms with Gasteiger partial charge in [-0.05, 0) is 60.3 Å². The van der Waals surface area contributed by atoms with Crippen molar-refractivity contribution in [3.05, 3.63) is 53.6 Å². The molecule has 6 nitrogen and oxygen atoms in total. The van der Waals surface area contributed by atoms with Crippen LogP contribution in [0, 0.1) is 5.92 Å². The lowest BCUT2D eigenvalue weighted by molar-refractivity contribution is -0.131. The Morgan fingerprint density at radius 2 is 1.94 bits per heavy atom. The molecule has 1 fully saturated rings. The number of rotatable bonds is 9. The molecule has 166 valence electrons. The van der Waals surface area contributed by atoms with E-state index in [0.717, 1.165) is 67.2 Å². The van der Waals surface area contributed by atoms with Gasteiger partial charge >= 0.3 is 5.97 Å². The highest BCUT2D eigenvalue weighted by Crippen LogP contribution is 2.40. The SMILES string of the molecule is CC/C(=C\C(=O)O)c1ccc([C@H](CC)C2CCOCC2)c(Nc2cnc(CC)nc2)c1. The molecule has 2 heterocycles. The second-order valence-corrected chi connectivity index (χ2v) is 7.99. The predicted molar refractivity (Wildman–Crippen MR) is 124 cm³/mol. The summed E-state index contributed by atoms with van der Waals surface area (Å²) < 4.78 is 5.58. The van der Waals surface area contributed by atoms with E-state index in [9.17, 15) is 9.90 Å². The van der Waals surface area contributed by atoms with Crippen LogP contribution in [-0.4, -0.2) is 34.3 Å². The maximum atomic E-state index is 11.3. The van der Waals surface area contributed by atoms with E-state index < -0.39 is 5.97 Å². The van der Waals surface area contributed by atoms with Gasteiger partial charge in [0.05, 0.1) is 18.1 Å². The lowest BCUT2D eigenvalue weighted by Crippen LogP contribution is -2.22. The molecule has 1 aromatic heterocycles. The largest absolute Gasteiger partial charge is 0.478 e. The molecule has 1 aromatic carbocycles. The van der Waals surface area contributed by atoms with Crippen molar-refractivity contribution in [2.75, 3.05) is 18.5 Å². The van der Waals surface area contributed by atoms with Crippen LogP contribution in [0.1, 0.15) is 69.3 Å². The van der Waals surface area contributed by atoms with Crippen LogP contribution < -0.4 is 5.32 Å². The van der Waals surface area contributed by atoms with Gasteiger partial charge in [0, 0.05) is 31.4 Å². The highest BCUT2D eigenvalue weighted by molar-refractivity contribution is 5.90. The molecule has 6 heteroatoms. The topological polar surface area (TPSA) is 84.3 Å². The van der Waals surface area contributed by atoms with E-state index in [0.29, 0.717) is 18.3 Å². The van der Waals surface area contributed by atoms with Gasteiger partial charge in [-0.15, -0.1) is 0 Å². The van der Waals surface area contributed by atoms with E-state index in [2.05, 4.69) is 40.4 Å². The summed E-state index contributed by atoms with van der Waals surface area (Å²) >= 11 is 0. The normalized spacial score (nSPS) is 16.2. The van der Waals surface area contributed by atoms with Crippen molar-refractivity contribution in [2.24, 2.45) is 5.92 Å². The molecule has 2 aromatic rings. The molecule has 1 aliphatic heterocycles. The fraction of sp³-hybridized carbons (Fsp3) is 0.480. The number of carboxylic acids is 1. The second-order valence-electron chi connectivity index (χ2n) is 7.99. The van der Waals surface area contributed by atoms with Crippen LogP contribution >= 0.6 is 0 Å². The van der Waals surface area contributed by atoms with Crippen LogP contribution in [0.2, 0.25) is 0 Å². The van der Waals surface area contributed by atoms with Gasteiger partial charge in [0.15, 0.2) is 0 Å². The number of hydrogen-bond acceptors (Lipinski definition) is 5. The molecule has 0 aliphatic carbocycles. The maximum Gasteiger partial charge on any atom is 0.328 e. The molecule has 2 N–H and O–H groups in total. The van der Waals surface area contributed by atoms with Crippen molar-refractivity contribution in [3.63, 3.8) is 0 Å². The molecule has 0 amide bonds. The zero-order valence-corrected chi connectivity index (χ0v) is 18.7. The minimum atomic E-state index is -0.923. The van der Waals surface area contributed by atoms with Crippen molar-refractivity contribution in [1.82, 2.24) is 9.97 Å². The van der Waals surface area contributed by atoms with Gasteiger partial charge in [-0.3, -0.25) is 0 Å². The van der Waals surface area contributed by atoms with Gasteiger partial charge in [-0.1, -0.05) is 32.9 Å². The zero-order valence-electron chi connectivity index (χ0n) is 18.7. The summed E-state index contributed by atoms with van der Waals surface area (Å²) in [7, 11) is 0. The number of hydrogen-bond donors (Lipinski definition) is 2. The van der Waals surface area contributed by atoms with E-state index in [1.54, 1.807) is 0 Å². The van der Waals surface area contributed by atoms with Crippen molar-refractivity contribution < 1.29 is 14.6 Å². The van der Waals surface area contributed by atoms with Gasteiger partial charge in [0.1, 0.15) is 5.82 Å². The van der Waals surface area contributed by atoms with Gasteiger partial charge in [0.25, 0.3) is 0 Å². The average molecular weight is 424 g/mol. The van der Waals surface area contributed by atoms with Gasteiger partial charge in [-0.25, -0.2) is 14.8 Å². The Balaban J connectivity index is 2.02. The smallest absolute Gasteiger partial charge is 0.328 e. The summed E-state index contributed by atoms with van der Waals surface area (Å²) in [5, 5.41) is 12.8. The van der Waals surface area contributed by atoms with Crippen LogP contribution in [0.25, 0.3) is 5.57 Å². The lowest BCUT2D eigenvalue weighted by atomic mass is 9.78. The summed E-state index contributed by atoms with van der Waals surface area (Å²) in [5.41, 5.74) is 4.80. The standard InChI is InChI=1S/C25H33N3O3/c1-4-17(14-25(29)30)19-7-8-22(21(5-2)18-9-11-31-12-10-18)23(13-19)28-20-15-26-24(6-3)27-16-20/h7-8,13-16,18,21,28H,4-6,9-12H2,1-3H3,(H,29,30)/b17-14+/t21-/m1/s1. The summed E-state index contributed by atoms with van der Waals surface area (Å²) in [4.78, 5) is 20.1. The van der Waals surface area contributed by atoms with Crippen LogP contribution in [0.5, 0.6) is 0 Å². The molecule has 1 saturated heterocycles. The zero-order chi connectivity index (χ0) is 22.2. The van der Waals surface area contributed by atoms with E-state index in [1.807, 2.05) is 26.2 Å². The van der Waals surface area contributed by atoms with Crippen molar-refractivity contribution in [1.29, 1.82) is 0 Å². The summed E-state index contributed by atoms with van der Waals surface area (Å²) in [6, 6.07) is 6.29. The molecule has 0 spiro atoms. The monoisotopic (exact) mass is 423 g/mol. The van der Waals surface area contributed by atoms with E-state index in [4.69, 9.17) is 4.74 Å². The highest BCUT2D eigenvalue weighted by Gasteiger charge is 2.26. The number of aromatic nitrogens is 2. The predicted octanol–water partition coefficient (Wildman–Crippen LogP) is 5.58. The number of aryl methyl sites for hydroxylation is 1. The fourth-order valence-corrected chi connectivity index (χ4v) is 4.41. The molecular formula is C25H33N3O3. The number of nitrogens with zero attached hydrogens (tertiary/aromatic N) is 2. The fourth-order valence-electron chi connectivity index (χ4n) is 4.41. The number of carbonyl (C=O) groups is 1. The van der Waals surface area contributed by atoms with E-state index >= 15 is 0 Å². The molecule has 31 heavy (non-hydrogen) atoms. The van der Waals surface area contributed by atoms with E-state index in [1.165, 1.54) is 11.6 Å². The summed E-state index contributed by atoms with van der Waals surface area (Å²) in [6.07, 6.45) is 9.53. The third kappa shape index (κ3) is 5.91. The van der Waals surface area contributed by atoms with Gasteiger partial charge in [0.2, 0.25) is 0 Å². The quantitative estimate of drug-likeness (QED) is 0.512. The van der Waals surface area contributed by atoms with Crippen LogP contribution in [0.4, 0.5) is 11.4 Å². The molecule has 0 radical (unpaired) electrons. The number of benzene rings is 1. The Labute approximate surface area is 184 Å². The Morgan fingerprint density at radius 1 is 1.23 bits per heavy atom. The van der Waals surface area contributed by atoms with E-state index in [-0.39, 0.29) is 0 Å². The number of aliphatic carboxylic acids is 1. The molecule has 0 unspecified atom stereocenters. The first kappa shape index (κ1) is 22.9. The first-order valence-corrected chi connectivity index (χ1v) is 11.3. The molecule has 0 saturated carbocycles. The maximum absolute atomic E-state index is 11.3. The average Bonchev–Trinajstić information content (AvgIpc) is 2.80. The van der Waals surface area contributed by atoms with Crippen LogP contribution in [0.3, 0.4) is 0 Å². The Kier molecular flexibility index (Phi) is 8.18. The molecule has 0 bridgehead atoms. The highest BCUT2D eigenvalue weighted by atomic mass is 16.5. The van der Waals surface area contributed by atoms with Gasteiger partial charge < -0.3 is 15.2 Å². The number of ether oxygens (including phenoxy) is 1. The minimum Gasteiger partial charge on any atom is -0.478 e. The molecule has 3 rings (SSSR count). The first-order valence-electron chi connectivity index (χ1n) is 11.3. The van der Waals surface area contributed by atoms with Crippen molar-refractivity contribution in [2.45, 2.75) is 58.8 Å². The lowest BCUT2D eigenvalue weighted by Gasteiger charge is -2.31.